The molecule has 96 valence electrons. The van der Waals surface area contributed by atoms with Crippen LogP contribution >= 0.6 is 11.3 Å². The Kier molecular flexibility index (Phi) is 3.76. The predicted octanol–water partition coefficient (Wildman–Crippen LogP) is 2.51. The zero-order valence-electron chi connectivity index (χ0n) is 10.6. The SMILES string of the molecule is CCCn1nccc1-c1nc(C)c(C(=O)OC)s1. The lowest BCUT2D eigenvalue weighted by Gasteiger charge is -2.02. The Morgan fingerprint density at radius 3 is 3.00 bits per heavy atom. The summed E-state index contributed by atoms with van der Waals surface area (Å²) in [6, 6.07) is 1.91. The predicted molar refractivity (Wildman–Crippen MR) is 69.7 cm³/mol. The molecule has 2 aromatic heterocycles. The molecule has 0 aromatic carbocycles. The summed E-state index contributed by atoms with van der Waals surface area (Å²) in [7, 11) is 1.38. The maximum absolute atomic E-state index is 11.6. The van der Waals surface area contributed by atoms with Crippen LogP contribution in [-0.4, -0.2) is 27.8 Å². The van der Waals surface area contributed by atoms with Gasteiger partial charge in [-0.3, -0.25) is 4.68 Å². The van der Waals surface area contributed by atoms with E-state index in [-0.39, 0.29) is 5.97 Å². The smallest absolute Gasteiger partial charge is 0.349 e. The molecule has 0 saturated heterocycles. The first-order valence-electron chi connectivity index (χ1n) is 5.75. The van der Waals surface area contributed by atoms with Crippen LogP contribution in [0, 0.1) is 6.92 Å². The third-order valence-electron chi connectivity index (χ3n) is 2.54. The molecule has 0 aliphatic carbocycles. The van der Waals surface area contributed by atoms with Gasteiger partial charge in [-0.25, -0.2) is 9.78 Å². The average Bonchev–Trinajstić information content (AvgIpc) is 2.95. The maximum Gasteiger partial charge on any atom is 0.349 e. The maximum atomic E-state index is 11.6. The van der Waals surface area contributed by atoms with Gasteiger partial charge in [0, 0.05) is 12.7 Å². The van der Waals surface area contributed by atoms with Crippen LogP contribution in [0.5, 0.6) is 0 Å². The third-order valence-corrected chi connectivity index (χ3v) is 3.70. The first kappa shape index (κ1) is 12.8. The summed E-state index contributed by atoms with van der Waals surface area (Å²) >= 11 is 1.34. The van der Waals surface area contributed by atoms with E-state index in [4.69, 9.17) is 4.74 Å². The molecule has 0 amide bonds. The molecule has 0 radical (unpaired) electrons. The molecule has 0 spiro atoms. The van der Waals surface area contributed by atoms with Crippen molar-refractivity contribution in [2.24, 2.45) is 0 Å². The number of hydrogen-bond donors (Lipinski definition) is 0. The molecule has 5 nitrogen and oxygen atoms in total. The van der Waals surface area contributed by atoms with Gasteiger partial charge in [-0.1, -0.05) is 6.92 Å². The standard InChI is InChI=1S/C12H15N3O2S/c1-4-7-15-9(5-6-13-15)11-14-8(2)10(18-11)12(16)17-3/h5-6H,4,7H2,1-3H3. The van der Waals surface area contributed by atoms with Crippen LogP contribution in [0.25, 0.3) is 10.7 Å². The van der Waals surface area contributed by atoms with Crippen LogP contribution in [0.2, 0.25) is 0 Å². The monoisotopic (exact) mass is 265 g/mol. The van der Waals surface area contributed by atoms with Crippen LogP contribution in [0.3, 0.4) is 0 Å². The van der Waals surface area contributed by atoms with Crippen LogP contribution in [0.15, 0.2) is 12.3 Å². The Morgan fingerprint density at radius 1 is 1.56 bits per heavy atom. The van der Waals surface area contributed by atoms with Gasteiger partial charge in [-0.2, -0.15) is 5.10 Å². The van der Waals surface area contributed by atoms with E-state index in [0.29, 0.717) is 10.6 Å². The number of nitrogens with zero attached hydrogens (tertiary/aromatic N) is 3. The molecule has 0 N–H and O–H groups in total. The summed E-state index contributed by atoms with van der Waals surface area (Å²) in [6.45, 7) is 4.75. The van der Waals surface area contributed by atoms with Crippen LogP contribution in [0.1, 0.15) is 28.7 Å². The van der Waals surface area contributed by atoms with Gasteiger partial charge in [0.05, 0.1) is 18.5 Å². The van der Waals surface area contributed by atoms with Crippen molar-refractivity contribution in [3.05, 3.63) is 22.8 Å². The van der Waals surface area contributed by atoms with Crippen molar-refractivity contribution < 1.29 is 9.53 Å². The zero-order chi connectivity index (χ0) is 13.1. The van der Waals surface area contributed by atoms with Crippen molar-refractivity contribution in [3.8, 4) is 10.7 Å². The Hall–Kier alpha value is -1.69. The number of hydrogen-bond acceptors (Lipinski definition) is 5. The quantitative estimate of drug-likeness (QED) is 0.797. The highest BCUT2D eigenvalue weighted by molar-refractivity contribution is 7.17. The first-order chi connectivity index (χ1) is 8.67. The zero-order valence-corrected chi connectivity index (χ0v) is 11.5. The lowest BCUT2D eigenvalue weighted by molar-refractivity contribution is 0.0605. The second kappa shape index (κ2) is 5.30. The van der Waals surface area contributed by atoms with E-state index < -0.39 is 0 Å². The van der Waals surface area contributed by atoms with Gasteiger partial charge in [0.15, 0.2) is 0 Å². The second-order valence-electron chi connectivity index (χ2n) is 3.86. The molecule has 0 bridgehead atoms. The van der Waals surface area contributed by atoms with Crippen molar-refractivity contribution >= 4 is 17.3 Å². The van der Waals surface area contributed by atoms with E-state index in [1.165, 1.54) is 18.4 Å². The highest BCUT2D eigenvalue weighted by Gasteiger charge is 2.18. The molecule has 0 aliphatic heterocycles. The number of aromatic nitrogens is 3. The lowest BCUT2D eigenvalue weighted by Crippen LogP contribution is -2.00. The van der Waals surface area contributed by atoms with Crippen molar-refractivity contribution in [1.29, 1.82) is 0 Å². The number of rotatable bonds is 4. The van der Waals surface area contributed by atoms with Gasteiger partial charge in [0.2, 0.25) is 0 Å². The highest BCUT2D eigenvalue weighted by atomic mass is 32.1. The molecule has 6 heteroatoms. The summed E-state index contributed by atoms with van der Waals surface area (Å²) < 4.78 is 6.64. The molecule has 0 unspecified atom stereocenters. The normalized spacial score (nSPS) is 10.6. The van der Waals surface area contributed by atoms with E-state index in [2.05, 4.69) is 17.0 Å². The minimum Gasteiger partial charge on any atom is -0.465 e. The van der Waals surface area contributed by atoms with Crippen molar-refractivity contribution in [2.45, 2.75) is 26.8 Å². The highest BCUT2D eigenvalue weighted by Crippen LogP contribution is 2.28. The largest absolute Gasteiger partial charge is 0.465 e. The lowest BCUT2D eigenvalue weighted by atomic mass is 10.4. The Bertz CT molecular complexity index is 559. The Balaban J connectivity index is 2.39. The summed E-state index contributed by atoms with van der Waals surface area (Å²) in [6.07, 6.45) is 2.75. The fourth-order valence-corrected chi connectivity index (χ4v) is 2.71. The number of esters is 1. The summed E-state index contributed by atoms with van der Waals surface area (Å²) in [4.78, 5) is 16.5. The van der Waals surface area contributed by atoms with Gasteiger partial charge in [-0.05, 0) is 19.4 Å². The van der Waals surface area contributed by atoms with E-state index in [0.717, 1.165) is 23.7 Å². The number of carbonyl (C=O) groups is 1. The van der Waals surface area contributed by atoms with Gasteiger partial charge >= 0.3 is 5.97 Å². The summed E-state index contributed by atoms with van der Waals surface area (Å²) in [5.41, 5.74) is 1.64. The molecule has 2 heterocycles. The average molecular weight is 265 g/mol. The number of methoxy groups -OCH3 is 1. The Labute approximate surface area is 109 Å². The van der Waals surface area contributed by atoms with Crippen molar-refractivity contribution in [2.75, 3.05) is 7.11 Å². The van der Waals surface area contributed by atoms with E-state index >= 15 is 0 Å². The minimum absolute atomic E-state index is 0.335. The van der Waals surface area contributed by atoms with Crippen LogP contribution in [-0.2, 0) is 11.3 Å². The molecule has 18 heavy (non-hydrogen) atoms. The van der Waals surface area contributed by atoms with Crippen molar-refractivity contribution in [3.63, 3.8) is 0 Å². The molecule has 2 rings (SSSR count). The van der Waals surface area contributed by atoms with Gasteiger partial charge in [0.1, 0.15) is 9.88 Å². The fourth-order valence-electron chi connectivity index (χ4n) is 1.69. The van der Waals surface area contributed by atoms with E-state index in [1.54, 1.807) is 6.20 Å². The van der Waals surface area contributed by atoms with Crippen molar-refractivity contribution in [1.82, 2.24) is 14.8 Å². The molecule has 2 aromatic rings. The Morgan fingerprint density at radius 2 is 2.33 bits per heavy atom. The number of thiazole rings is 1. The molecular weight excluding hydrogens is 250 g/mol. The topological polar surface area (TPSA) is 57.0 Å². The molecule has 0 aliphatic rings. The van der Waals surface area contributed by atoms with Gasteiger partial charge in [0.25, 0.3) is 0 Å². The summed E-state index contributed by atoms with van der Waals surface area (Å²) in [5.74, 6) is -0.335. The molecule has 0 fully saturated rings. The number of ether oxygens (including phenoxy) is 1. The van der Waals surface area contributed by atoms with Crippen LogP contribution in [0.4, 0.5) is 0 Å². The molecule has 0 atom stereocenters. The van der Waals surface area contributed by atoms with Gasteiger partial charge in [-0.15, -0.1) is 11.3 Å². The molecular formula is C12H15N3O2S. The van der Waals surface area contributed by atoms with E-state index in [1.807, 2.05) is 17.7 Å². The third kappa shape index (κ3) is 2.28. The molecule has 0 saturated carbocycles. The van der Waals surface area contributed by atoms with E-state index in [9.17, 15) is 4.79 Å². The fraction of sp³-hybridized carbons (Fsp3) is 0.417. The summed E-state index contributed by atoms with van der Waals surface area (Å²) in [5, 5.41) is 5.06. The first-order valence-corrected chi connectivity index (χ1v) is 6.57. The van der Waals surface area contributed by atoms with Crippen LogP contribution < -0.4 is 0 Å². The second-order valence-corrected chi connectivity index (χ2v) is 4.86. The van der Waals surface area contributed by atoms with Gasteiger partial charge < -0.3 is 4.74 Å². The minimum atomic E-state index is -0.335. The number of carbonyl (C=O) groups excluding carboxylic acids is 1. The number of aryl methyl sites for hydroxylation is 2.